The first-order valence-electron chi connectivity index (χ1n) is 16.2. The smallest absolute Gasteiger partial charge is 0.305 e. The number of esters is 1. The van der Waals surface area contributed by atoms with Crippen LogP contribution in [0.3, 0.4) is 0 Å². The highest BCUT2D eigenvalue weighted by Gasteiger charge is 2.48. The first-order valence-corrected chi connectivity index (χ1v) is 16.2. The van der Waals surface area contributed by atoms with Crippen LogP contribution in [0.5, 0.6) is 5.75 Å². The van der Waals surface area contributed by atoms with Crippen LogP contribution in [0.4, 0.5) is 0 Å². The fourth-order valence-electron chi connectivity index (χ4n) is 6.87. The second-order valence-electron chi connectivity index (χ2n) is 11.9. The zero-order valence-electron chi connectivity index (χ0n) is 27.1. The van der Waals surface area contributed by atoms with E-state index in [1.54, 1.807) is 26.2 Å². The molecular weight excluding hydrogens is 614 g/mol. The van der Waals surface area contributed by atoms with Crippen molar-refractivity contribution >= 4 is 37.2 Å². The van der Waals surface area contributed by atoms with Gasteiger partial charge in [-0.3, -0.25) is 19.2 Å². The number of para-hydroxylation sites is 1. The molecule has 1 saturated heterocycles. The molecule has 3 aromatic carbocycles. The summed E-state index contributed by atoms with van der Waals surface area (Å²) < 4.78 is 10.4. The van der Waals surface area contributed by atoms with Gasteiger partial charge in [0.2, 0.25) is 11.8 Å². The van der Waals surface area contributed by atoms with E-state index >= 15 is 0 Å². The third kappa shape index (κ3) is 7.81. The summed E-state index contributed by atoms with van der Waals surface area (Å²) in [6.45, 7) is 3.53. The highest BCUT2D eigenvalue weighted by molar-refractivity contribution is 7.59. The Morgan fingerprint density at radius 1 is 0.894 bits per heavy atom. The molecule has 0 radical (unpaired) electrons. The number of carbonyl (C=O) groups excluding carboxylic acids is 4. The number of nitrogens with zero attached hydrogens (tertiary/aromatic N) is 1. The van der Waals surface area contributed by atoms with Crippen LogP contribution in [-0.2, 0) is 24.5 Å². The fraction of sp³-hybridized carbons (Fsp3) is 0.405. The molecule has 1 heterocycles. The maximum atomic E-state index is 14.1. The van der Waals surface area contributed by atoms with Crippen molar-refractivity contribution in [1.82, 2.24) is 15.5 Å². The lowest BCUT2D eigenvalue weighted by Crippen LogP contribution is -2.51. The molecule has 2 aliphatic rings. The van der Waals surface area contributed by atoms with E-state index in [0.717, 1.165) is 16.7 Å². The first-order chi connectivity index (χ1) is 22.4. The Labute approximate surface area is 283 Å². The zero-order chi connectivity index (χ0) is 32.5. The topological polar surface area (TPSA) is 114 Å². The van der Waals surface area contributed by atoms with Crippen LogP contribution >= 0.6 is 13.5 Å². The Morgan fingerprint density at radius 2 is 1.57 bits per heavy atom. The molecule has 1 aliphatic carbocycles. The molecule has 3 aromatic rings. The summed E-state index contributed by atoms with van der Waals surface area (Å²) in [4.78, 5) is 54.9. The minimum Gasteiger partial charge on any atom is -0.496 e. The van der Waals surface area contributed by atoms with E-state index in [2.05, 4.69) is 10.6 Å². The van der Waals surface area contributed by atoms with Gasteiger partial charge >= 0.3 is 5.97 Å². The van der Waals surface area contributed by atoms with Crippen LogP contribution in [0.15, 0.2) is 78.9 Å². The van der Waals surface area contributed by atoms with Crippen LogP contribution in [0.1, 0.15) is 78.4 Å². The van der Waals surface area contributed by atoms with Crippen molar-refractivity contribution in [1.29, 1.82) is 0 Å². The molecule has 0 aromatic heterocycles. The molecule has 250 valence electrons. The van der Waals surface area contributed by atoms with Crippen molar-refractivity contribution in [2.75, 3.05) is 33.4 Å². The molecule has 0 spiro atoms. The maximum Gasteiger partial charge on any atom is 0.305 e. The second kappa shape index (κ2) is 16.5. The maximum absolute atomic E-state index is 14.1. The minimum atomic E-state index is -0.964. The fourth-order valence-corrected chi connectivity index (χ4v) is 6.87. The van der Waals surface area contributed by atoms with E-state index in [-0.39, 0.29) is 55.6 Å². The van der Waals surface area contributed by atoms with E-state index in [1.807, 2.05) is 71.6 Å². The molecule has 9 nitrogen and oxygen atoms in total. The zero-order valence-corrected chi connectivity index (χ0v) is 28.1. The first kappa shape index (κ1) is 35.5. The van der Waals surface area contributed by atoms with E-state index in [0.29, 0.717) is 69.7 Å². The molecule has 2 N–H and O–H groups in total. The van der Waals surface area contributed by atoms with E-state index in [4.69, 9.17) is 9.47 Å². The van der Waals surface area contributed by atoms with Gasteiger partial charge in [0.05, 0.1) is 30.6 Å². The Balaban J connectivity index is 0.00000500. The number of benzene rings is 3. The van der Waals surface area contributed by atoms with E-state index < -0.39 is 5.41 Å². The summed E-state index contributed by atoms with van der Waals surface area (Å²) in [5, 5.41) is 6.20. The number of likely N-dealkylation sites (tertiary alicyclic amines) is 1. The van der Waals surface area contributed by atoms with Gasteiger partial charge in [0.25, 0.3) is 5.91 Å². The van der Waals surface area contributed by atoms with Gasteiger partial charge in [-0.2, -0.15) is 13.5 Å². The van der Waals surface area contributed by atoms with Crippen molar-refractivity contribution in [3.63, 3.8) is 0 Å². The molecule has 10 heteroatoms. The largest absolute Gasteiger partial charge is 0.496 e. The molecule has 5 rings (SSSR count). The van der Waals surface area contributed by atoms with Crippen molar-refractivity contribution in [3.8, 4) is 5.75 Å². The number of nitrogens with one attached hydrogen (secondary N) is 2. The quantitative estimate of drug-likeness (QED) is 0.225. The molecule has 0 bridgehead atoms. The Kier molecular flexibility index (Phi) is 12.5. The van der Waals surface area contributed by atoms with Gasteiger partial charge < -0.3 is 25.0 Å². The predicted octanol–water partition coefficient (Wildman–Crippen LogP) is 4.85. The standard InChI is InChI=1S/C37H43N3O6.H2S/c1-3-46-33(41)18-11-23-38-36(44)37(26-12-5-4-6-13-26)22-19-29(28-14-7-9-16-31(28)37)35(43)40-24-20-27(21-25-40)39-34(42)30-15-8-10-17-32(30)45-2;/h4-10,12-17,27,29H,3,11,18-25H2,1-2H3,(H,38,44)(H,39,42);1H2/t29-,37+;/m0./s1. The summed E-state index contributed by atoms with van der Waals surface area (Å²) >= 11 is 0. The Bertz CT molecular complexity index is 1540. The summed E-state index contributed by atoms with van der Waals surface area (Å²) in [6, 6.07) is 24.6. The number of fused-ring (bicyclic) bond motifs is 1. The average molecular weight is 660 g/mol. The summed E-state index contributed by atoms with van der Waals surface area (Å²) in [5.74, 6) is -0.377. The summed E-state index contributed by atoms with van der Waals surface area (Å²) in [5.41, 5.74) is 2.12. The molecule has 0 saturated carbocycles. The van der Waals surface area contributed by atoms with E-state index in [1.165, 1.54) is 0 Å². The number of hydrogen-bond acceptors (Lipinski definition) is 6. The van der Waals surface area contributed by atoms with Crippen LogP contribution in [-0.4, -0.2) is 68.0 Å². The van der Waals surface area contributed by atoms with Gasteiger partial charge in [0, 0.05) is 32.1 Å². The van der Waals surface area contributed by atoms with Gasteiger partial charge in [-0.25, -0.2) is 0 Å². The lowest BCUT2D eigenvalue weighted by Gasteiger charge is -2.42. The number of piperidine rings is 1. The monoisotopic (exact) mass is 659 g/mol. The number of rotatable bonds is 11. The summed E-state index contributed by atoms with van der Waals surface area (Å²) in [7, 11) is 1.55. The second-order valence-corrected chi connectivity index (χ2v) is 11.9. The number of amides is 3. The van der Waals surface area contributed by atoms with Gasteiger partial charge in [-0.15, -0.1) is 0 Å². The lowest BCUT2D eigenvalue weighted by molar-refractivity contribution is -0.143. The molecule has 0 unspecified atom stereocenters. The van der Waals surface area contributed by atoms with Crippen LogP contribution in [0.2, 0.25) is 0 Å². The highest BCUT2D eigenvalue weighted by Crippen LogP contribution is 2.48. The van der Waals surface area contributed by atoms with Crippen LogP contribution in [0, 0.1) is 0 Å². The van der Waals surface area contributed by atoms with Crippen molar-refractivity contribution in [3.05, 3.63) is 101 Å². The number of methoxy groups -OCH3 is 1. The molecular formula is C37H45N3O6S. The van der Waals surface area contributed by atoms with Crippen LogP contribution < -0.4 is 15.4 Å². The van der Waals surface area contributed by atoms with Crippen molar-refractivity contribution in [2.24, 2.45) is 0 Å². The number of carbonyl (C=O) groups is 4. The number of ether oxygens (including phenoxy) is 2. The number of hydrogen-bond donors (Lipinski definition) is 2. The van der Waals surface area contributed by atoms with Crippen LogP contribution in [0.25, 0.3) is 0 Å². The third-order valence-corrected chi connectivity index (χ3v) is 9.20. The van der Waals surface area contributed by atoms with Crippen molar-refractivity contribution < 1.29 is 28.7 Å². The average Bonchev–Trinajstić information content (AvgIpc) is 3.10. The predicted molar refractivity (Wildman–Crippen MR) is 185 cm³/mol. The SMILES string of the molecule is CCOC(=O)CCCNC(=O)[C@@]1(c2ccccc2)CC[C@H](C(=O)N2CCC(NC(=O)c3ccccc3OC)CC2)c2ccccc21.S. The normalized spacial score (nSPS) is 19.0. The Hall–Kier alpha value is -4.31. The summed E-state index contributed by atoms with van der Waals surface area (Å²) in [6.07, 6.45) is 3.02. The van der Waals surface area contributed by atoms with Gasteiger partial charge in [-0.05, 0) is 67.9 Å². The molecule has 2 atom stereocenters. The molecule has 47 heavy (non-hydrogen) atoms. The highest BCUT2D eigenvalue weighted by atomic mass is 32.1. The minimum absolute atomic E-state index is 0. The lowest BCUT2D eigenvalue weighted by atomic mass is 9.62. The molecule has 1 aliphatic heterocycles. The van der Waals surface area contributed by atoms with Crippen molar-refractivity contribution in [2.45, 2.75) is 62.8 Å². The molecule has 3 amide bonds. The molecule has 1 fully saturated rings. The van der Waals surface area contributed by atoms with Gasteiger partial charge in [0.1, 0.15) is 5.75 Å². The third-order valence-electron chi connectivity index (χ3n) is 9.20. The van der Waals surface area contributed by atoms with Gasteiger partial charge in [0.15, 0.2) is 0 Å². The van der Waals surface area contributed by atoms with E-state index in [9.17, 15) is 19.2 Å². The Morgan fingerprint density at radius 3 is 2.30 bits per heavy atom. The van der Waals surface area contributed by atoms with Gasteiger partial charge in [-0.1, -0.05) is 66.7 Å².